The van der Waals surface area contributed by atoms with Crippen LogP contribution in [0.15, 0.2) is 35.7 Å². The van der Waals surface area contributed by atoms with Crippen molar-refractivity contribution in [2.24, 2.45) is 0 Å². The average molecular weight is 553 g/mol. The number of benzene rings is 1. The second-order valence-electron chi connectivity index (χ2n) is 11.1. The minimum atomic E-state index is -0.274. The van der Waals surface area contributed by atoms with Crippen LogP contribution in [0.2, 0.25) is 0 Å². The summed E-state index contributed by atoms with van der Waals surface area (Å²) in [5.74, 6) is 0.705. The van der Waals surface area contributed by atoms with Crippen molar-refractivity contribution in [3.63, 3.8) is 0 Å². The molecule has 2 amide bonds. The summed E-state index contributed by atoms with van der Waals surface area (Å²) in [5, 5.41) is 10.2. The fraction of sp³-hybridized carbons (Fsp3) is 0.483. The quantitative estimate of drug-likeness (QED) is 0.448. The Kier molecular flexibility index (Phi) is 7.71. The Morgan fingerprint density at radius 1 is 1.21 bits per heavy atom. The number of hydrogen-bond donors (Lipinski definition) is 1. The molecule has 1 fully saturated rings. The number of thiophene rings is 1. The zero-order chi connectivity index (χ0) is 27.0. The lowest BCUT2D eigenvalue weighted by molar-refractivity contribution is -0.123. The molecule has 0 saturated carbocycles. The summed E-state index contributed by atoms with van der Waals surface area (Å²) >= 11 is 3.31. The maximum absolute atomic E-state index is 13.7. The molecule has 0 spiro atoms. The van der Waals surface area contributed by atoms with Gasteiger partial charge < -0.3 is 10.1 Å². The maximum Gasteiger partial charge on any atom is 0.240 e. The molecule has 0 unspecified atom stereocenters. The lowest BCUT2D eigenvalue weighted by Gasteiger charge is -2.24. The maximum atomic E-state index is 13.7. The molecule has 38 heavy (non-hydrogen) atoms. The number of nitrogens with one attached hydrogen (secondary N) is 1. The fourth-order valence-electron chi connectivity index (χ4n) is 5.10. The number of amides is 2. The first-order chi connectivity index (χ1) is 18.1. The summed E-state index contributed by atoms with van der Waals surface area (Å²) in [7, 11) is 0. The first-order valence-electron chi connectivity index (χ1n) is 13.2. The summed E-state index contributed by atoms with van der Waals surface area (Å²) in [6.45, 7) is 11.8. The van der Waals surface area contributed by atoms with Crippen molar-refractivity contribution >= 4 is 40.7 Å². The molecule has 1 aromatic carbocycles. The van der Waals surface area contributed by atoms with Gasteiger partial charge in [0.1, 0.15) is 12.4 Å². The molecule has 4 heterocycles. The van der Waals surface area contributed by atoms with Crippen molar-refractivity contribution < 1.29 is 14.3 Å². The number of nitrogens with zero attached hydrogens (tertiary/aromatic N) is 3. The van der Waals surface area contributed by atoms with Gasteiger partial charge in [0, 0.05) is 29.0 Å². The molecule has 9 heteroatoms. The summed E-state index contributed by atoms with van der Waals surface area (Å²) in [6.07, 6.45) is 2.00. The third-order valence-electron chi connectivity index (χ3n) is 7.26. The summed E-state index contributed by atoms with van der Waals surface area (Å²) in [4.78, 5) is 29.8. The number of carbonyl (C=O) groups excluding carboxylic acids is 2. The lowest BCUT2D eigenvalue weighted by atomic mass is 9.88. The normalized spacial score (nSPS) is 19.9. The summed E-state index contributed by atoms with van der Waals surface area (Å²) in [5.41, 5.74) is 4.85. The minimum Gasteiger partial charge on any atom is -0.376 e. The van der Waals surface area contributed by atoms with Crippen LogP contribution in [-0.2, 0) is 19.7 Å². The van der Waals surface area contributed by atoms with Gasteiger partial charge in [0.15, 0.2) is 0 Å². The molecule has 0 radical (unpaired) electrons. The lowest BCUT2D eigenvalue weighted by Crippen LogP contribution is -2.44. The Morgan fingerprint density at radius 2 is 2.03 bits per heavy atom. The van der Waals surface area contributed by atoms with E-state index in [1.807, 2.05) is 16.8 Å². The molecular weight excluding hydrogens is 516 g/mol. The Labute approximate surface area is 232 Å². The van der Waals surface area contributed by atoms with Crippen molar-refractivity contribution in [2.45, 2.75) is 64.2 Å². The number of carbonyl (C=O) groups is 2. The predicted octanol–water partition coefficient (Wildman–Crippen LogP) is 5.31. The van der Waals surface area contributed by atoms with Crippen LogP contribution in [0.1, 0.15) is 66.1 Å². The van der Waals surface area contributed by atoms with Crippen molar-refractivity contribution in [3.05, 3.63) is 63.0 Å². The second-order valence-corrected chi connectivity index (χ2v) is 13.2. The number of aryl methyl sites for hydroxylation is 1. The Morgan fingerprint density at radius 3 is 2.71 bits per heavy atom. The highest BCUT2D eigenvalue weighted by Gasteiger charge is 2.40. The van der Waals surface area contributed by atoms with Crippen LogP contribution >= 0.6 is 23.1 Å². The van der Waals surface area contributed by atoms with Crippen LogP contribution in [0.4, 0.5) is 5.82 Å². The van der Waals surface area contributed by atoms with Crippen LogP contribution in [0.25, 0.3) is 5.69 Å². The smallest absolute Gasteiger partial charge is 0.240 e. The largest absolute Gasteiger partial charge is 0.376 e. The number of aromatic nitrogens is 2. The first-order valence-corrected chi connectivity index (χ1v) is 15.1. The van der Waals surface area contributed by atoms with E-state index in [-0.39, 0.29) is 40.9 Å². The molecular formula is C29H36N4O3S2. The van der Waals surface area contributed by atoms with Gasteiger partial charge in [-0.3, -0.25) is 14.5 Å². The molecule has 1 N–H and O–H groups in total. The molecule has 2 atom stereocenters. The van der Waals surface area contributed by atoms with Gasteiger partial charge in [0.05, 0.1) is 28.5 Å². The van der Waals surface area contributed by atoms with E-state index in [4.69, 9.17) is 9.84 Å². The molecule has 2 aliphatic rings. The molecule has 3 aromatic rings. The van der Waals surface area contributed by atoms with E-state index in [0.29, 0.717) is 12.4 Å². The van der Waals surface area contributed by atoms with Gasteiger partial charge in [0.2, 0.25) is 11.8 Å². The molecule has 0 bridgehead atoms. The molecule has 7 nitrogen and oxygen atoms in total. The van der Waals surface area contributed by atoms with Crippen molar-refractivity contribution in [3.8, 4) is 5.69 Å². The fourth-order valence-corrected chi connectivity index (χ4v) is 7.28. The number of rotatable bonds is 6. The summed E-state index contributed by atoms with van der Waals surface area (Å²) < 4.78 is 7.59. The number of fused-ring (bicyclic) bond motifs is 1. The van der Waals surface area contributed by atoms with Gasteiger partial charge in [-0.1, -0.05) is 39.0 Å². The van der Waals surface area contributed by atoms with Crippen molar-refractivity contribution in [2.75, 3.05) is 30.3 Å². The highest BCUT2D eigenvalue weighted by atomic mass is 32.2. The average Bonchev–Trinajstić information content (AvgIpc) is 3.63. The van der Waals surface area contributed by atoms with Crippen LogP contribution in [-0.4, -0.2) is 53.1 Å². The predicted molar refractivity (Wildman–Crippen MR) is 155 cm³/mol. The van der Waals surface area contributed by atoms with E-state index in [9.17, 15) is 9.59 Å². The van der Waals surface area contributed by atoms with Gasteiger partial charge in [-0.25, -0.2) is 4.68 Å². The van der Waals surface area contributed by atoms with E-state index in [1.54, 1.807) is 28.0 Å². The molecule has 202 valence electrons. The van der Waals surface area contributed by atoms with E-state index in [0.717, 1.165) is 47.5 Å². The molecule has 2 aromatic heterocycles. The molecule has 5 rings (SSSR count). The third kappa shape index (κ3) is 5.28. The van der Waals surface area contributed by atoms with Gasteiger partial charge >= 0.3 is 0 Å². The topological polar surface area (TPSA) is 76.5 Å². The van der Waals surface area contributed by atoms with Gasteiger partial charge in [-0.05, 0) is 55.3 Å². The van der Waals surface area contributed by atoms with E-state index in [1.165, 1.54) is 4.88 Å². The van der Waals surface area contributed by atoms with Gasteiger partial charge in [0.25, 0.3) is 0 Å². The van der Waals surface area contributed by atoms with Gasteiger partial charge in [-0.15, -0.1) is 23.1 Å². The minimum absolute atomic E-state index is 0.0427. The van der Waals surface area contributed by atoms with Crippen LogP contribution in [0.5, 0.6) is 0 Å². The SMILES string of the molecule is Cc1cccc(-n2nc(C(C)(C)C)c3c2N(CC(=O)NC[C@H]2CCCO2)C(=O)CS[C@@H]3c2cccs2)c1C. The number of ether oxygens (including phenoxy) is 1. The standard InChI is InChI=1S/C29H36N4O3S2/c1-18-9-6-11-21(19(18)2)33-28-25(27(31-33)29(3,4)5)26(22-12-8-14-37-22)38-17-24(35)32(28)16-23(34)30-15-20-10-7-13-36-20/h6,8-9,11-12,14,20,26H,7,10,13,15-17H2,1-5H3,(H,30,34)/t20-,26-/m1/s1. The highest BCUT2D eigenvalue weighted by Crippen LogP contribution is 2.49. The monoisotopic (exact) mass is 552 g/mol. The number of thioether (sulfide) groups is 1. The molecule has 1 saturated heterocycles. The molecule has 0 aliphatic carbocycles. The van der Waals surface area contributed by atoms with Crippen molar-refractivity contribution in [1.29, 1.82) is 0 Å². The Hall–Kier alpha value is -2.62. The summed E-state index contributed by atoms with van der Waals surface area (Å²) in [6, 6.07) is 10.3. The highest BCUT2D eigenvalue weighted by molar-refractivity contribution is 8.00. The zero-order valence-corrected chi connectivity index (χ0v) is 24.4. The van der Waals surface area contributed by atoms with Crippen LogP contribution in [0, 0.1) is 13.8 Å². The number of anilines is 1. The zero-order valence-electron chi connectivity index (χ0n) is 22.7. The van der Waals surface area contributed by atoms with Gasteiger partial charge in [-0.2, -0.15) is 5.10 Å². The van der Waals surface area contributed by atoms with E-state index < -0.39 is 0 Å². The van der Waals surface area contributed by atoms with Crippen molar-refractivity contribution in [1.82, 2.24) is 15.1 Å². The Balaban J connectivity index is 1.66. The van der Waals surface area contributed by atoms with Crippen LogP contribution < -0.4 is 10.2 Å². The number of hydrogen-bond acceptors (Lipinski definition) is 6. The molecule has 2 aliphatic heterocycles. The van der Waals surface area contributed by atoms with E-state index >= 15 is 0 Å². The van der Waals surface area contributed by atoms with Crippen LogP contribution in [0.3, 0.4) is 0 Å². The Bertz CT molecular complexity index is 1320. The van der Waals surface area contributed by atoms with E-state index in [2.05, 4.69) is 63.5 Å². The second kappa shape index (κ2) is 10.9. The first kappa shape index (κ1) is 27.0. The third-order valence-corrected chi connectivity index (χ3v) is 9.58.